The van der Waals surface area contributed by atoms with Gasteiger partial charge in [0.25, 0.3) is 0 Å². The molecule has 172 valence electrons. The molecule has 5 nitrogen and oxygen atoms in total. The number of hydrogen-bond donors (Lipinski definition) is 0. The predicted octanol–water partition coefficient (Wildman–Crippen LogP) is 4.90. The molecule has 1 aromatic heterocycles. The van der Waals surface area contributed by atoms with E-state index in [9.17, 15) is 14.0 Å². The Morgan fingerprint density at radius 3 is 2.78 bits per heavy atom. The molecule has 3 saturated carbocycles. The van der Waals surface area contributed by atoms with Gasteiger partial charge in [-0.05, 0) is 87.3 Å². The van der Waals surface area contributed by atoms with E-state index in [1.165, 1.54) is 5.57 Å². The van der Waals surface area contributed by atoms with Crippen molar-refractivity contribution in [1.82, 2.24) is 0 Å². The minimum absolute atomic E-state index is 0.238. The summed E-state index contributed by atoms with van der Waals surface area (Å²) >= 11 is 0. The highest BCUT2D eigenvalue weighted by atomic mass is 19.1. The van der Waals surface area contributed by atoms with E-state index in [4.69, 9.17) is 13.9 Å². The van der Waals surface area contributed by atoms with Gasteiger partial charge in [0.2, 0.25) is 5.79 Å². The van der Waals surface area contributed by atoms with Crippen LogP contribution < -0.4 is 0 Å². The minimum atomic E-state index is -1.29. The Bertz CT molecular complexity index is 984. The summed E-state index contributed by atoms with van der Waals surface area (Å²) < 4.78 is 32.6. The van der Waals surface area contributed by atoms with E-state index >= 15 is 0 Å². The van der Waals surface area contributed by atoms with Crippen LogP contribution in [0.15, 0.2) is 34.5 Å². The molecule has 0 unspecified atom stereocenters. The van der Waals surface area contributed by atoms with Gasteiger partial charge >= 0.3 is 0 Å². The van der Waals surface area contributed by atoms with Gasteiger partial charge in [0.1, 0.15) is 0 Å². The fraction of sp³-hybridized carbons (Fsp3) is 0.692. The van der Waals surface area contributed by atoms with Gasteiger partial charge in [-0.15, -0.1) is 0 Å². The average Bonchev–Trinajstić information content (AvgIpc) is 3.47. The van der Waals surface area contributed by atoms with Gasteiger partial charge in [-0.2, -0.15) is 0 Å². The Morgan fingerprint density at radius 2 is 2.03 bits per heavy atom. The molecule has 0 N–H and O–H groups in total. The number of allylic oxidation sites excluding steroid dienone is 1. The van der Waals surface area contributed by atoms with Crippen molar-refractivity contribution in [3.05, 3.63) is 35.8 Å². The molecule has 0 amide bonds. The van der Waals surface area contributed by atoms with Crippen LogP contribution in [0.2, 0.25) is 0 Å². The normalized spacial score (nSPS) is 47.3. The number of ketones is 2. The number of halogens is 1. The Morgan fingerprint density at radius 1 is 1.19 bits per heavy atom. The third kappa shape index (κ3) is 2.51. The first-order valence-electron chi connectivity index (χ1n) is 12.1. The first kappa shape index (κ1) is 20.8. The topological polar surface area (TPSA) is 65.7 Å². The molecule has 6 heteroatoms. The minimum Gasteiger partial charge on any atom is -0.464 e. The fourth-order valence-corrected chi connectivity index (χ4v) is 8.38. The molecule has 1 aliphatic heterocycles. The highest BCUT2D eigenvalue weighted by molar-refractivity contribution is 5.92. The van der Waals surface area contributed by atoms with Gasteiger partial charge in [0.05, 0.1) is 12.4 Å². The second-order valence-electron chi connectivity index (χ2n) is 10.9. The first-order chi connectivity index (χ1) is 15.3. The molecule has 1 aromatic rings. The lowest BCUT2D eigenvalue weighted by Gasteiger charge is -2.55. The molecule has 8 atom stereocenters. The van der Waals surface area contributed by atoms with E-state index in [2.05, 4.69) is 6.92 Å². The van der Waals surface area contributed by atoms with Crippen molar-refractivity contribution in [3.63, 3.8) is 0 Å². The monoisotopic (exact) mass is 442 g/mol. The summed E-state index contributed by atoms with van der Waals surface area (Å²) in [7, 11) is 0. The van der Waals surface area contributed by atoms with Crippen LogP contribution in [0.1, 0.15) is 64.6 Å². The summed E-state index contributed by atoms with van der Waals surface area (Å²) in [6, 6.07) is 3.55. The lowest BCUT2D eigenvalue weighted by molar-refractivity contribution is -0.234. The number of fused-ring (bicyclic) bond motifs is 7. The van der Waals surface area contributed by atoms with Gasteiger partial charge in [0, 0.05) is 11.8 Å². The number of alkyl halides is 1. The van der Waals surface area contributed by atoms with Gasteiger partial charge < -0.3 is 13.9 Å². The lowest BCUT2D eigenvalue weighted by atomic mass is 9.50. The Labute approximate surface area is 187 Å². The zero-order chi connectivity index (χ0) is 22.3. The molecule has 5 aliphatic rings. The number of rotatable bonds is 3. The molecule has 0 spiro atoms. The van der Waals surface area contributed by atoms with E-state index in [1.807, 2.05) is 6.08 Å². The third-order valence-electron chi connectivity index (χ3n) is 9.69. The highest BCUT2D eigenvalue weighted by Crippen LogP contribution is 2.69. The van der Waals surface area contributed by atoms with Crippen molar-refractivity contribution in [1.29, 1.82) is 0 Å². The van der Waals surface area contributed by atoms with Crippen molar-refractivity contribution in [2.45, 2.75) is 76.3 Å². The largest absolute Gasteiger partial charge is 0.464 e. The number of furan rings is 1. The summed E-state index contributed by atoms with van der Waals surface area (Å²) in [6.07, 6.45) is 8.99. The van der Waals surface area contributed by atoms with E-state index in [-0.39, 0.29) is 11.7 Å². The zero-order valence-electron chi connectivity index (χ0n) is 18.8. The molecule has 4 aliphatic carbocycles. The molecule has 0 radical (unpaired) electrons. The van der Waals surface area contributed by atoms with Crippen molar-refractivity contribution < 1.29 is 27.9 Å². The lowest BCUT2D eigenvalue weighted by Crippen LogP contribution is -2.60. The summed E-state index contributed by atoms with van der Waals surface area (Å²) in [6.45, 7) is 2.86. The smallest absolute Gasteiger partial charge is 0.226 e. The molecule has 6 rings (SSSR count). The van der Waals surface area contributed by atoms with E-state index < -0.39 is 35.4 Å². The number of hydrogen-bond acceptors (Lipinski definition) is 5. The van der Waals surface area contributed by atoms with Gasteiger partial charge in [-0.3, -0.25) is 9.59 Å². The predicted molar refractivity (Wildman–Crippen MR) is 113 cm³/mol. The van der Waals surface area contributed by atoms with Crippen molar-refractivity contribution >= 4 is 11.6 Å². The van der Waals surface area contributed by atoms with Crippen LogP contribution in [0.25, 0.3) is 0 Å². The number of ether oxygens (including phenoxy) is 2. The second kappa shape index (κ2) is 6.86. The van der Waals surface area contributed by atoms with Gasteiger partial charge in [-0.25, -0.2) is 4.39 Å². The SMILES string of the molecule is C[C@@]1(c2ccco2)O[C@@H]2C[C@H]3[C@@H]4CCC5=CC(=O)CC[C@@H]5[C@H]4CC[C@]3(C)[C@]2(C(=O)CF)O1. The number of carbonyl (C=O) groups excluding carboxylic acids is 2. The maximum Gasteiger partial charge on any atom is 0.226 e. The average molecular weight is 443 g/mol. The van der Waals surface area contributed by atoms with Crippen LogP contribution in [0, 0.1) is 29.1 Å². The van der Waals surface area contributed by atoms with Crippen LogP contribution in [-0.2, 0) is 24.8 Å². The molecule has 0 bridgehead atoms. The van der Waals surface area contributed by atoms with Crippen LogP contribution in [-0.4, -0.2) is 29.9 Å². The van der Waals surface area contributed by atoms with Crippen molar-refractivity contribution in [3.8, 4) is 0 Å². The van der Waals surface area contributed by atoms with E-state index in [0.717, 1.165) is 32.1 Å². The van der Waals surface area contributed by atoms with Crippen LogP contribution in [0.3, 0.4) is 0 Å². The maximum atomic E-state index is 14.0. The number of carbonyl (C=O) groups is 2. The van der Waals surface area contributed by atoms with Gasteiger partial charge in [-0.1, -0.05) is 12.5 Å². The van der Waals surface area contributed by atoms with E-state index in [0.29, 0.717) is 36.4 Å². The maximum absolute atomic E-state index is 14.0. The molecule has 4 fully saturated rings. The second-order valence-corrected chi connectivity index (χ2v) is 10.9. The van der Waals surface area contributed by atoms with Crippen LogP contribution in [0.5, 0.6) is 0 Å². The highest BCUT2D eigenvalue weighted by Gasteiger charge is 2.76. The Hall–Kier alpha value is -1.79. The summed E-state index contributed by atoms with van der Waals surface area (Å²) in [5.74, 6) is 0.747. The molecular weight excluding hydrogens is 411 g/mol. The summed E-state index contributed by atoms with van der Waals surface area (Å²) in [5, 5.41) is 0. The zero-order valence-corrected chi connectivity index (χ0v) is 18.8. The molecule has 2 heterocycles. The van der Waals surface area contributed by atoms with E-state index in [1.54, 1.807) is 25.3 Å². The standard InChI is InChI=1S/C26H31FO5/c1-24-10-9-18-17-8-6-16(28)12-15(17)5-7-19(18)20(24)13-23-26(24,21(29)14-27)32-25(2,31-23)22-4-3-11-30-22/h3-4,11-12,17-20,23H,5-10,13-14H2,1-2H3/t17-,18+,19+,20-,23+,24-,25+,26+/m0/s1. The van der Waals surface area contributed by atoms with Gasteiger partial charge in [0.15, 0.2) is 29.6 Å². The summed E-state index contributed by atoms with van der Waals surface area (Å²) in [4.78, 5) is 25.3. The number of Topliss-reactive ketones (excluding diaryl/α,β-unsaturated/α-hetero) is 1. The van der Waals surface area contributed by atoms with Crippen molar-refractivity contribution in [2.24, 2.45) is 29.1 Å². The molecule has 1 saturated heterocycles. The van der Waals surface area contributed by atoms with Crippen LogP contribution in [0.4, 0.5) is 4.39 Å². The quantitative estimate of drug-likeness (QED) is 0.666. The Kier molecular flexibility index (Phi) is 4.46. The molecular formula is C26H31FO5. The summed E-state index contributed by atoms with van der Waals surface area (Å²) in [5.41, 5.74) is -0.452. The molecule has 32 heavy (non-hydrogen) atoms. The third-order valence-corrected chi connectivity index (χ3v) is 9.69. The van der Waals surface area contributed by atoms with Crippen LogP contribution >= 0.6 is 0 Å². The Balaban J connectivity index is 1.38. The molecule has 0 aromatic carbocycles. The first-order valence-corrected chi connectivity index (χ1v) is 12.1. The van der Waals surface area contributed by atoms with Crippen molar-refractivity contribution in [2.75, 3.05) is 6.67 Å². The fourth-order valence-electron chi connectivity index (χ4n) is 8.38.